The van der Waals surface area contributed by atoms with Crippen LogP contribution in [-0.4, -0.2) is 23.6 Å². The van der Waals surface area contributed by atoms with Crippen molar-refractivity contribution >= 4 is 5.82 Å². The molecule has 0 aromatic carbocycles. The SMILES string of the molecule is CCCCCOc1ncnc(NC)c1C(C)C. The standard InChI is InChI=1S/C13H23N3O/c1-5-6-7-8-17-13-11(10(2)3)12(14-4)15-9-16-13/h9-10H,5-8H2,1-4H3,(H,14,15,16). The summed E-state index contributed by atoms with van der Waals surface area (Å²) in [4.78, 5) is 8.45. The monoisotopic (exact) mass is 237 g/mol. The molecule has 0 radical (unpaired) electrons. The summed E-state index contributed by atoms with van der Waals surface area (Å²) in [6.07, 6.45) is 5.02. The predicted octanol–water partition coefficient (Wildman–Crippen LogP) is 3.21. The average molecular weight is 237 g/mol. The maximum Gasteiger partial charge on any atom is 0.222 e. The number of unbranched alkanes of at least 4 members (excludes halogenated alkanes) is 2. The van der Waals surface area contributed by atoms with Crippen molar-refractivity contribution in [2.24, 2.45) is 0 Å². The molecule has 17 heavy (non-hydrogen) atoms. The zero-order valence-corrected chi connectivity index (χ0v) is 11.3. The molecular formula is C13H23N3O. The highest BCUT2D eigenvalue weighted by Crippen LogP contribution is 2.29. The second-order valence-electron chi connectivity index (χ2n) is 4.40. The van der Waals surface area contributed by atoms with Crippen LogP contribution in [0.5, 0.6) is 5.88 Å². The minimum absolute atomic E-state index is 0.347. The first-order valence-corrected chi connectivity index (χ1v) is 6.36. The van der Waals surface area contributed by atoms with Crippen LogP contribution >= 0.6 is 0 Å². The van der Waals surface area contributed by atoms with E-state index in [1.807, 2.05) is 7.05 Å². The number of hydrogen-bond donors (Lipinski definition) is 1. The van der Waals surface area contributed by atoms with Crippen molar-refractivity contribution in [3.05, 3.63) is 11.9 Å². The van der Waals surface area contributed by atoms with Crippen molar-refractivity contribution in [2.45, 2.75) is 46.0 Å². The third-order valence-electron chi connectivity index (χ3n) is 2.65. The van der Waals surface area contributed by atoms with Crippen molar-refractivity contribution < 1.29 is 4.74 Å². The van der Waals surface area contributed by atoms with E-state index in [0.717, 1.165) is 30.3 Å². The van der Waals surface area contributed by atoms with Crippen LogP contribution in [0.4, 0.5) is 5.82 Å². The number of rotatable bonds is 7. The molecule has 1 aromatic rings. The molecule has 0 unspecified atom stereocenters. The summed E-state index contributed by atoms with van der Waals surface area (Å²) in [7, 11) is 1.87. The highest BCUT2D eigenvalue weighted by Gasteiger charge is 2.15. The summed E-state index contributed by atoms with van der Waals surface area (Å²) in [5.74, 6) is 1.93. The van der Waals surface area contributed by atoms with Crippen LogP contribution in [-0.2, 0) is 0 Å². The molecule has 0 bridgehead atoms. The Balaban J connectivity index is 2.76. The van der Waals surface area contributed by atoms with Gasteiger partial charge in [-0.1, -0.05) is 33.6 Å². The molecule has 4 heteroatoms. The molecule has 0 aliphatic heterocycles. The molecule has 0 saturated carbocycles. The molecule has 0 aliphatic carbocycles. The Bertz CT molecular complexity index is 339. The number of ether oxygens (including phenoxy) is 1. The van der Waals surface area contributed by atoms with Crippen LogP contribution in [0.1, 0.15) is 51.5 Å². The lowest BCUT2D eigenvalue weighted by Crippen LogP contribution is -2.07. The van der Waals surface area contributed by atoms with Gasteiger partial charge in [-0.2, -0.15) is 0 Å². The van der Waals surface area contributed by atoms with E-state index >= 15 is 0 Å². The number of anilines is 1. The largest absolute Gasteiger partial charge is 0.477 e. The quantitative estimate of drug-likeness (QED) is 0.740. The predicted molar refractivity (Wildman–Crippen MR) is 70.7 cm³/mol. The Kier molecular flexibility index (Phi) is 5.73. The zero-order valence-electron chi connectivity index (χ0n) is 11.3. The Morgan fingerprint density at radius 1 is 1.29 bits per heavy atom. The van der Waals surface area contributed by atoms with Crippen molar-refractivity contribution in [1.82, 2.24) is 9.97 Å². The van der Waals surface area contributed by atoms with E-state index in [1.165, 1.54) is 12.8 Å². The van der Waals surface area contributed by atoms with Gasteiger partial charge in [-0.05, 0) is 12.3 Å². The second kappa shape index (κ2) is 7.09. The van der Waals surface area contributed by atoms with Gasteiger partial charge in [0.05, 0.1) is 12.2 Å². The van der Waals surface area contributed by atoms with E-state index < -0.39 is 0 Å². The first-order chi connectivity index (χ1) is 8.20. The average Bonchev–Trinajstić information content (AvgIpc) is 2.33. The van der Waals surface area contributed by atoms with Crippen LogP contribution in [0.25, 0.3) is 0 Å². The van der Waals surface area contributed by atoms with E-state index in [2.05, 4.69) is 36.1 Å². The van der Waals surface area contributed by atoms with Crippen LogP contribution in [0.15, 0.2) is 6.33 Å². The number of nitrogens with one attached hydrogen (secondary N) is 1. The van der Waals surface area contributed by atoms with Gasteiger partial charge in [0.2, 0.25) is 5.88 Å². The van der Waals surface area contributed by atoms with E-state index in [-0.39, 0.29) is 0 Å². The fourth-order valence-corrected chi connectivity index (χ4v) is 1.73. The number of nitrogens with zero attached hydrogens (tertiary/aromatic N) is 2. The molecule has 0 fully saturated rings. The molecule has 1 rings (SSSR count). The molecule has 4 nitrogen and oxygen atoms in total. The van der Waals surface area contributed by atoms with Gasteiger partial charge in [0.1, 0.15) is 12.1 Å². The molecule has 1 N–H and O–H groups in total. The van der Waals surface area contributed by atoms with E-state index in [1.54, 1.807) is 6.33 Å². The van der Waals surface area contributed by atoms with Gasteiger partial charge in [-0.25, -0.2) is 9.97 Å². The van der Waals surface area contributed by atoms with Gasteiger partial charge in [-0.15, -0.1) is 0 Å². The Hall–Kier alpha value is -1.32. The normalized spacial score (nSPS) is 10.6. The fraction of sp³-hybridized carbons (Fsp3) is 0.692. The molecule has 96 valence electrons. The summed E-state index contributed by atoms with van der Waals surface area (Å²) in [6, 6.07) is 0. The third kappa shape index (κ3) is 3.88. The highest BCUT2D eigenvalue weighted by molar-refractivity contribution is 5.50. The topological polar surface area (TPSA) is 47.0 Å². The van der Waals surface area contributed by atoms with Gasteiger partial charge in [0, 0.05) is 7.05 Å². The van der Waals surface area contributed by atoms with Gasteiger partial charge < -0.3 is 10.1 Å². The van der Waals surface area contributed by atoms with Crippen molar-refractivity contribution in [2.75, 3.05) is 19.0 Å². The molecule has 1 heterocycles. The lowest BCUT2D eigenvalue weighted by atomic mass is 10.1. The van der Waals surface area contributed by atoms with Crippen molar-refractivity contribution in [3.63, 3.8) is 0 Å². The summed E-state index contributed by atoms with van der Waals surface area (Å²) < 4.78 is 5.75. The minimum atomic E-state index is 0.347. The van der Waals surface area contributed by atoms with Crippen LogP contribution in [0.2, 0.25) is 0 Å². The smallest absolute Gasteiger partial charge is 0.222 e. The fourth-order valence-electron chi connectivity index (χ4n) is 1.73. The molecule has 0 aliphatic rings. The maximum atomic E-state index is 5.75. The maximum absolute atomic E-state index is 5.75. The van der Waals surface area contributed by atoms with Crippen LogP contribution < -0.4 is 10.1 Å². The molecular weight excluding hydrogens is 214 g/mol. The Morgan fingerprint density at radius 2 is 2.06 bits per heavy atom. The van der Waals surface area contributed by atoms with Gasteiger partial charge in [-0.3, -0.25) is 0 Å². The summed E-state index contributed by atoms with van der Waals surface area (Å²) in [5.41, 5.74) is 1.06. The molecule has 0 saturated heterocycles. The van der Waals surface area contributed by atoms with Crippen molar-refractivity contribution in [1.29, 1.82) is 0 Å². The van der Waals surface area contributed by atoms with Crippen molar-refractivity contribution in [3.8, 4) is 5.88 Å². The molecule has 0 spiro atoms. The Morgan fingerprint density at radius 3 is 2.65 bits per heavy atom. The molecule has 0 amide bonds. The minimum Gasteiger partial charge on any atom is -0.477 e. The molecule has 1 aromatic heterocycles. The Labute approximate surface area is 104 Å². The third-order valence-corrected chi connectivity index (χ3v) is 2.65. The summed E-state index contributed by atoms with van der Waals surface area (Å²) in [5, 5.41) is 3.09. The van der Waals surface area contributed by atoms with Crippen LogP contribution in [0.3, 0.4) is 0 Å². The van der Waals surface area contributed by atoms with E-state index in [0.29, 0.717) is 5.92 Å². The number of aromatic nitrogens is 2. The second-order valence-corrected chi connectivity index (χ2v) is 4.40. The van der Waals surface area contributed by atoms with Gasteiger partial charge in [0.25, 0.3) is 0 Å². The summed E-state index contributed by atoms with van der Waals surface area (Å²) in [6.45, 7) is 7.16. The zero-order chi connectivity index (χ0) is 12.7. The van der Waals surface area contributed by atoms with Gasteiger partial charge in [0.15, 0.2) is 0 Å². The summed E-state index contributed by atoms with van der Waals surface area (Å²) >= 11 is 0. The van der Waals surface area contributed by atoms with E-state index in [9.17, 15) is 0 Å². The first kappa shape index (κ1) is 13.7. The first-order valence-electron chi connectivity index (χ1n) is 6.36. The number of hydrogen-bond acceptors (Lipinski definition) is 4. The lowest BCUT2D eigenvalue weighted by Gasteiger charge is -2.15. The van der Waals surface area contributed by atoms with Crippen LogP contribution in [0, 0.1) is 0 Å². The lowest BCUT2D eigenvalue weighted by molar-refractivity contribution is 0.290. The molecule has 0 atom stereocenters. The van der Waals surface area contributed by atoms with Gasteiger partial charge >= 0.3 is 0 Å². The highest BCUT2D eigenvalue weighted by atomic mass is 16.5. The van der Waals surface area contributed by atoms with E-state index in [4.69, 9.17) is 4.74 Å².